The molecule has 1 rings (SSSR count). The predicted molar refractivity (Wildman–Crippen MR) is 44.4 cm³/mol. The lowest BCUT2D eigenvalue weighted by atomic mass is 10.2. The summed E-state index contributed by atoms with van der Waals surface area (Å²) in [6.07, 6.45) is 2.81. The number of amides is 2. The van der Waals surface area contributed by atoms with Crippen LogP contribution < -0.4 is 5.32 Å². The molecule has 0 aliphatic carbocycles. The molecule has 0 bridgehead atoms. The van der Waals surface area contributed by atoms with Crippen molar-refractivity contribution in [2.75, 3.05) is 13.1 Å². The van der Waals surface area contributed by atoms with E-state index in [4.69, 9.17) is 0 Å². The van der Waals surface area contributed by atoms with Gasteiger partial charge >= 0.3 is 6.03 Å². The van der Waals surface area contributed by atoms with Crippen molar-refractivity contribution in [3.05, 3.63) is 12.7 Å². The molecular formula is C8H14N2O. The van der Waals surface area contributed by atoms with Gasteiger partial charge in [-0.1, -0.05) is 6.08 Å². The molecule has 3 heteroatoms. The van der Waals surface area contributed by atoms with Crippen LogP contribution in [0.15, 0.2) is 12.7 Å². The average Bonchev–Trinajstić information content (AvgIpc) is 2.04. The molecule has 1 aliphatic heterocycles. The molecule has 1 aliphatic rings. The van der Waals surface area contributed by atoms with Crippen molar-refractivity contribution in [2.24, 2.45) is 0 Å². The molecule has 1 atom stereocenters. The molecule has 62 valence electrons. The Morgan fingerprint density at radius 3 is 3.09 bits per heavy atom. The SMILES string of the molecule is C=CC(C)N1CCCNC1=O. The molecule has 1 unspecified atom stereocenters. The van der Waals surface area contributed by atoms with Gasteiger partial charge in [-0.3, -0.25) is 0 Å². The van der Waals surface area contributed by atoms with Crippen LogP contribution in [-0.2, 0) is 0 Å². The van der Waals surface area contributed by atoms with Crippen LogP contribution in [0, 0.1) is 0 Å². The number of hydrogen-bond acceptors (Lipinski definition) is 1. The highest BCUT2D eigenvalue weighted by atomic mass is 16.2. The zero-order chi connectivity index (χ0) is 8.27. The minimum atomic E-state index is 0.0312. The molecule has 0 saturated carbocycles. The summed E-state index contributed by atoms with van der Waals surface area (Å²) in [5, 5.41) is 2.79. The fraction of sp³-hybridized carbons (Fsp3) is 0.625. The van der Waals surface area contributed by atoms with E-state index in [9.17, 15) is 4.79 Å². The molecule has 1 heterocycles. The van der Waals surface area contributed by atoms with E-state index in [2.05, 4.69) is 11.9 Å². The van der Waals surface area contributed by atoms with E-state index in [1.54, 1.807) is 11.0 Å². The van der Waals surface area contributed by atoms with Crippen molar-refractivity contribution < 1.29 is 4.79 Å². The van der Waals surface area contributed by atoms with Gasteiger partial charge in [-0.25, -0.2) is 4.79 Å². The monoisotopic (exact) mass is 154 g/mol. The first-order chi connectivity index (χ1) is 5.25. The summed E-state index contributed by atoms with van der Waals surface area (Å²) in [6.45, 7) is 7.27. The van der Waals surface area contributed by atoms with E-state index in [-0.39, 0.29) is 12.1 Å². The summed E-state index contributed by atoms with van der Waals surface area (Å²) >= 11 is 0. The zero-order valence-corrected chi connectivity index (χ0v) is 6.84. The predicted octanol–water partition coefficient (Wildman–Crippen LogP) is 0.976. The van der Waals surface area contributed by atoms with Crippen molar-refractivity contribution in [2.45, 2.75) is 19.4 Å². The Bertz CT molecular complexity index is 167. The van der Waals surface area contributed by atoms with E-state index in [0.717, 1.165) is 19.5 Å². The lowest BCUT2D eigenvalue weighted by Crippen LogP contribution is -2.49. The van der Waals surface area contributed by atoms with Crippen LogP contribution in [0.5, 0.6) is 0 Å². The number of hydrogen-bond donors (Lipinski definition) is 1. The summed E-state index contributed by atoms with van der Waals surface area (Å²) in [4.78, 5) is 12.9. The molecule has 1 fully saturated rings. The minimum Gasteiger partial charge on any atom is -0.338 e. The highest BCUT2D eigenvalue weighted by Gasteiger charge is 2.20. The lowest BCUT2D eigenvalue weighted by molar-refractivity contribution is 0.177. The third kappa shape index (κ3) is 1.73. The Kier molecular flexibility index (Phi) is 2.52. The molecule has 0 spiro atoms. The third-order valence-corrected chi connectivity index (χ3v) is 1.95. The van der Waals surface area contributed by atoms with E-state index >= 15 is 0 Å². The molecule has 3 nitrogen and oxygen atoms in total. The second-order valence-corrected chi connectivity index (χ2v) is 2.76. The summed E-state index contributed by atoms with van der Waals surface area (Å²) in [6, 6.07) is 0.180. The van der Waals surface area contributed by atoms with E-state index in [1.165, 1.54) is 0 Å². The van der Waals surface area contributed by atoms with Crippen molar-refractivity contribution in [3.63, 3.8) is 0 Å². The summed E-state index contributed by atoms with van der Waals surface area (Å²) < 4.78 is 0. The Balaban J connectivity index is 2.53. The van der Waals surface area contributed by atoms with Crippen LogP contribution in [0.2, 0.25) is 0 Å². The lowest BCUT2D eigenvalue weighted by Gasteiger charge is -2.31. The fourth-order valence-corrected chi connectivity index (χ4v) is 1.16. The van der Waals surface area contributed by atoms with Crippen LogP contribution in [0.3, 0.4) is 0 Å². The average molecular weight is 154 g/mol. The van der Waals surface area contributed by atoms with E-state index in [1.807, 2.05) is 6.92 Å². The summed E-state index contributed by atoms with van der Waals surface area (Å²) in [5.41, 5.74) is 0. The summed E-state index contributed by atoms with van der Waals surface area (Å²) in [5.74, 6) is 0. The van der Waals surface area contributed by atoms with Gasteiger partial charge in [0.2, 0.25) is 0 Å². The first-order valence-electron chi connectivity index (χ1n) is 3.92. The maximum atomic E-state index is 11.2. The summed E-state index contributed by atoms with van der Waals surface area (Å²) in [7, 11) is 0. The highest BCUT2D eigenvalue weighted by molar-refractivity contribution is 5.75. The van der Waals surface area contributed by atoms with Gasteiger partial charge in [0.05, 0.1) is 0 Å². The van der Waals surface area contributed by atoms with Crippen LogP contribution in [-0.4, -0.2) is 30.1 Å². The van der Waals surface area contributed by atoms with Gasteiger partial charge < -0.3 is 10.2 Å². The van der Waals surface area contributed by atoms with Gasteiger partial charge in [-0.15, -0.1) is 6.58 Å². The van der Waals surface area contributed by atoms with E-state index in [0.29, 0.717) is 0 Å². The number of rotatable bonds is 2. The van der Waals surface area contributed by atoms with Gasteiger partial charge in [0, 0.05) is 19.1 Å². The third-order valence-electron chi connectivity index (χ3n) is 1.95. The first-order valence-corrected chi connectivity index (χ1v) is 3.92. The topological polar surface area (TPSA) is 32.3 Å². The van der Waals surface area contributed by atoms with Gasteiger partial charge in [-0.05, 0) is 13.3 Å². The Morgan fingerprint density at radius 1 is 1.82 bits per heavy atom. The van der Waals surface area contributed by atoms with Crippen molar-refractivity contribution in [1.29, 1.82) is 0 Å². The molecule has 1 N–H and O–H groups in total. The largest absolute Gasteiger partial charge is 0.338 e. The molecular weight excluding hydrogens is 140 g/mol. The molecule has 1 saturated heterocycles. The normalized spacial score (nSPS) is 20.8. The van der Waals surface area contributed by atoms with Gasteiger partial charge in [0.15, 0.2) is 0 Å². The number of nitrogens with zero attached hydrogens (tertiary/aromatic N) is 1. The van der Waals surface area contributed by atoms with Crippen LogP contribution in [0.1, 0.15) is 13.3 Å². The van der Waals surface area contributed by atoms with Crippen molar-refractivity contribution in [3.8, 4) is 0 Å². The van der Waals surface area contributed by atoms with Gasteiger partial charge in [0.1, 0.15) is 0 Å². The van der Waals surface area contributed by atoms with Crippen molar-refractivity contribution >= 4 is 6.03 Å². The second kappa shape index (κ2) is 3.42. The maximum absolute atomic E-state index is 11.2. The highest BCUT2D eigenvalue weighted by Crippen LogP contribution is 2.05. The Morgan fingerprint density at radius 2 is 2.55 bits per heavy atom. The number of carbonyl (C=O) groups excluding carboxylic acids is 1. The number of carbonyl (C=O) groups is 1. The Hall–Kier alpha value is -0.990. The smallest absolute Gasteiger partial charge is 0.317 e. The van der Waals surface area contributed by atoms with E-state index < -0.39 is 0 Å². The van der Waals surface area contributed by atoms with Crippen LogP contribution in [0.25, 0.3) is 0 Å². The quantitative estimate of drug-likeness (QED) is 0.591. The second-order valence-electron chi connectivity index (χ2n) is 2.76. The first kappa shape index (κ1) is 8.11. The molecule has 0 aromatic carbocycles. The number of nitrogens with one attached hydrogen (secondary N) is 1. The Labute approximate surface area is 67.1 Å². The number of urea groups is 1. The van der Waals surface area contributed by atoms with Crippen LogP contribution in [0.4, 0.5) is 4.79 Å². The molecule has 0 aromatic rings. The van der Waals surface area contributed by atoms with Crippen LogP contribution >= 0.6 is 0 Å². The molecule has 11 heavy (non-hydrogen) atoms. The van der Waals surface area contributed by atoms with Gasteiger partial charge in [-0.2, -0.15) is 0 Å². The maximum Gasteiger partial charge on any atom is 0.317 e. The molecule has 2 amide bonds. The standard InChI is InChI=1S/C8H14N2O/c1-3-7(2)10-6-4-5-9-8(10)11/h3,7H,1,4-6H2,2H3,(H,9,11). The fourth-order valence-electron chi connectivity index (χ4n) is 1.16. The molecule has 0 radical (unpaired) electrons. The van der Waals surface area contributed by atoms with Crippen molar-refractivity contribution in [1.82, 2.24) is 10.2 Å². The minimum absolute atomic E-state index is 0.0312. The zero-order valence-electron chi connectivity index (χ0n) is 6.84. The molecule has 0 aromatic heterocycles. The van der Waals surface area contributed by atoms with Gasteiger partial charge in [0.25, 0.3) is 0 Å².